The van der Waals surface area contributed by atoms with Crippen molar-refractivity contribution in [3.05, 3.63) is 35.1 Å². The van der Waals surface area contributed by atoms with Gasteiger partial charge in [-0.05, 0) is 30.5 Å². The molecule has 0 spiro atoms. The monoisotopic (exact) mass is 252 g/mol. The van der Waals surface area contributed by atoms with Crippen molar-refractivity contribution in [3.63, 3.8) is 0 Å². The van der Waals surface area contributed by atoms with Crippen LogP contribution in [0.4, 0.5) is 4.39 Å². The Bertz CT molecular complexity index is 349. The van der Waals surface area contributed by atoms with E-state index in [2.05, 4.69) is 6.92 Å². The van der Waals surface area contributed by atoms with Crippen LogP contribution < -0.4 is 0 Å². The minimum absolute atomic E-state index is 0.203. The Kier molecular flexibility index (Phi) is 6.96. The number of rotatable bonds is 8. The van der Waals surface area contributed by atoms with Crippen molar-refractivity contribution in [1.82, 2.24) is 0 Å². The van der Waals surface area contributed by atoms with Gasteiger partial charge >= 0.3 is 0 Å². The molecule has 1 unspecified atom stereocenters. The summed E-state index contributed by atoms with van der Waals surface area (Å²) in [5, 5.41) is 10.0. The SMILES string of the molecule is CCCCCCCCC(O)c1ccc(F)c(C)c1. The number of unbranched alkanes of at least 4 members (excludes halogenated alkanes) is 5. The second-order valence-electron chi connectivity index (χ2n) is 5.08. The first-order valence-electron chi connectivity index (χ1n) is 7.09. The zero-order valence-electron chi connectivity index (χ0n) is 11.6. The molecule has 102 valence electrons. The predicted octanol–water partition coefficient (Wildman–Crippen LogP) is 4.92. The summed E-state index contributed by atoms with van der Waals surface area (Å²) in [6.07, 6.45) is 7.66. The van der Waals surface area contributed by atoms with E-state index < -0.39 is 6.10 Å². The molecular weight excluding hydrogens is 227 g/mol. The number of aliphatic hydroxyl groups excluding tert-OH is 1. The molecule has 0 saturated heterocycles. The van der Waals surface area contributed by atoms with Crippen LogP contribution >= 0.6 is 0 Å². The molecule has 0 aliphatic carbocycles. The summed E-state index contributed by atoms with van der Waals surface area (Å²) in [5.74, 6) is -0.203. The Morgan fingerprint density at radius 2 is 1.78 bits per heavy atom. The zero-order valence-corrected chi connectivity index (χ0v) is 11.6. The Balaban J connectivity index is 2.27. The van der Waals surface area contributed by atoms with Gasteiger partial charge in [0.1, 0.15) is 5.82 Å². The van der Waals surface area contributed by atoms with E-state index in [0.717, 1.165) is 18.4 Å². The smallest absolute Gasteiger partial charge is 0.126 e. The molecular formula is C16H25FO. The highest BCUT2D eigenvalue weighted by atomic mass is 19.1. The van der Waals surface area contributed by atoms with Crippen LogP contribution in [-0.2, 0) is 0 Å². The van der Waals surface area contributed by atoms with E-state index in [1.165, 1.54) is 38.2 Å². The Morgan fingerprint density at radius 3 is 2.44 bits per heavy atom. The minimum Gasteiger partial charge on any atom is -0.388 e. The first-order valence-corrected chi connectivity index (χ1v) is 7.09. The molecule has 1 aromatic rings. The molecule has 1 aromatic carbocycles. The van der Waals surface area contributed by atoms with Crippen molar-refractivity contribution < 1.29 is 9.50 Å². The quantitative estimate of drug-likeness (QED) is 0.651. The fourth-order valence-corrected chi connectivity index (χ4v) is 2.16. The number of aliphatic hydroxyl groups is 1. The second-order valence-corrected chi connectivity index (χ2v) is 5.08. The van der Waals surface area contributed by atoms with Gasteiger partial charge in [-0.1, -0.05) is 57.6 Å². The highest BCUT2D eigenvalue weighted by Gasteiger charge is 2.08. The molecule has 1 N–H and O–H groups in total. The fraction of sp³-hybridized carbons (Fsp3) is 0.625. The molecule has 1 rings (SSSR count). The van der Waals surface area contributed by atoms with Gasteiger partial charge in [0.05, 0.1) is 6.10 Å². The van der Waals surface area contributed by atoms with Gasteiger partial charge in [-0.3, -0.25) is 0 Å². The lowest BCUT2D eigenvalue weighted by Gasteiger charge is -2.11. The molecule has 0 aliphatic heterocycles. The molecule has 0 heterocycles. The Labute approximate surface area is 110 Å². The van der Waals surface area contributed by atoms with E-state index in [-0.39, 0.29) is 5.82 Å². The van der Waals surface area contributed by atoms with Crippen molar-refractivity contribution in [2.75, 3.05) is 0 Å². The van der Waals surface area contributed by atoms with Crippen molar-refractivity contribution in [2.45, 2.75) is 64.9 Å². The molecule has 0 bridgehead atoms. The summed E-state index contributed by atoms with van der Waals surface area (Å²) in [4.78, 5) is 0. The predicted molar refractivity (Wildman–Crippen MR) is 74.1 cm³/mol. The van der Waals surface area contributed by atoms with Crippen molar-refractivity contribution >= 4 is 0 Å². The van der Waals surface area contributed by atoms with E-state index in [1.54, 1.807) is 19.1 Å². The molecule has 1 atom stereocenters. The number of halogens is 1. The van der Waals surface area contributed by atoms with Gasteiger partial charge in [0.15, 0.2) is 0 Å². The van der Waals surface area contributed by atoms with Crippen LogP contribution in [0.15, 0.2) is 18.2 Å². The van der Waals surface area contributed by atoms with Gasteiger partial charge in [-0.25, -0.2) is 4.39 Å². The standard InChI is InChI=1S/C16H25FO/c1-3-4-5-6-7-8-9-16(18)14-10-11-15(17)13(2)12-14/h10-12,16,18H,3-9H2,1-2H3. The van der Waals surface area contributed by atoms with Crippen LogP contribution in [0.5, 0.6) is 0 Å². The average Bonchev–Trinajstić information content (AvgIpc) is 2.36. The molecule has 0 fully saturated rings. The first kappa shape index (κ1) is 15.2. The molecule has 0 aliphatic rings. The third kappa shape index (κ3) is 5.18. The van der Waals surface area contributed by atoms with E-state index >= 15 is 0 Å². The molecule has 0 saturated carbocycles. The zero-order chi connectivity index (χ0) is 13.4. The van der Waals surface area contributed by atoms with Crippen molar-refractivity contribution in [1.29, 1.82) is 0 Å². The largest absolute Gasteiger partial charge is 0.388 e. The number of benzene rings is 1. The lowest BCUT2D eigenvalue weighted by atomic mass is 10.0. The molecule has 0 aromatic heterocycles. The highest BCUT2D eigenvalue weighted by Crippen LogP contribution is 2.22. The van der Waals surface area contributed by atoms with Crippen LogP contribution in [0.25, 0.3) is 0 Å². The third-order valence-electron chi connectivity index (χ3n) is 3.40. The minimum atomic E-state index is -0.449. The summed E-state index contributed by atoms with van der Waals surface area (Å²) >= 11 is 0. The topological polar surface area (TPSA) is 20.2 Å². The number of hydrogen-bond donors (Lipinski definition) is 1. The first-order chi connectivity index (χ1) is 8.65. The van der Waals surface area contributed by atoms with Crippen LogP contribution in [0.3, 0.4) is 0 Å². The van der Waals surface area contributed by atoms with Crippen molar-refractivity contribution in [3.8, 4) is 0 Å². The molecule has 0 radical (unpaired) electrons. The summed E-state index contributed by atoms with van der Waals surface area (Å²) < 4.78 is 13.1. The van der Waals surface area contributed by atoms with Gasteiger partial charge in [0.2, 0.25) is 0 Å². The van der Waals surface area contributed by atoms with Crippen LogP contribution in [-0.4, -0.2) is 5.11 Å². The molecule has 0 amide bonds. The Morgan fingerprint density at radius 1 is 1.11 bits per heavy atom. The van der Waals surface area contributed by atoms with E-state index in [0.29, 0.717) is 5.56 Å². The van der Waals surface area contributed by atoms with Gasteiger partial charge in [-0.15, -0.1) is 0 Å². The van der Waals surface area contributed by atoms with Gasteiger partial charge in [0, 0.05) is 0 Å². The second kappa shape index (κ2) is 8.25. The van der Waals surface area contributed by atoms with Gasteiger partial charge in [-0.2, -0.15) is 0 Å². The lowest BCUT2D eigenvalue weighted by Crippen LogP contribution is -1.99. The molecule has 2 heteroatoms. The van der Waals surface area contributed by atoms with Crippen LogP contribution in [0.2, 0.25) is 0 Å². The van der Waals surface area contributed by atoms with E-state index in [1.807, 2.05) is 0 Å². The van der Waals surface area contributed by atoms with E-state index in [9.17, 15) is 9.50 Å². The molecule has 1 nitrogen and oxygen atoms in total. The molecule has 18 heavy (non-hydrogen) atoms. The van der Waals surface area contributed by atoms with Crippen LogP contribution in [0.1, 0.15) is 69.1 Å². The number of hydrogen-bond acceptors (Lipinski definition) is 1. The summed E-state index contributed by atoms with van der Waals surface area (Å²) in [5.41, 5.74) is 1.44. The normalized spacial score (nSPS) is 12.7. The summed E-state index contributed by atoms with van der Waals surface area (Å²) in [7, 11) is 0. The summed E-state index contributed by atoms with van der Waals surface area (Å²) in [6, 6.07) is 4.87. The van der Waals surface area contributed by atoms with Crippen molar-refractivity contribution in [2.24, 2.45) is 0 Å². The maximum absolute atomic E-state index is 13.1. The highest BCUT2D eigenvalue weighted by molar-refractivity contribution is 5.25. The maximum Gasteiger partial charge on any atom is 0.126 e. The van der Waals surface area contributed by atoms with Gasteiger partial charge < -0.3 is 5.11 Å². The Hall–Kier alpha value is -0.890. The number of aryl methyl sites for hydroxylation is 1. The van der Waals surface area contributed by atoms with Crippen LogP contribution in [0, 0.1) is 12.7 Å². The van der Waals surface area contributed by atoms with E-state index in [4.69, 9.17) is 0 Å². The maximum atomic E-state index is 13.1. The summed E-state index contributed by atoms with van der Waals surface area (Å²) in [6.45, 7) is 3.94. The third-order valence-corrected chi connectivity index (χ3v) is 3.40. The lowest BCUT2D eigenvalue weighted by molar-refractivity contribution is 0.163. The average molecular weight is 252 g/mol. The fourth-order valence-electron chi connectivity index (χ4n) is 2.16. The van der Waals surface area contributed by atoms with Gasteiger partial charge in [0.25, 0.3) is 0 Å².